The zero-order valence-electron chi connectivity index (χ0n) is 34.1. The van der Waals surface area contributed by atoms with Crippen LogP contribution < -0.4 is 0 Å². The normalized spacial score (nSPS) is 12.3. The van der Waals surface area contributed by atoms with Gasteiger partial charge in [-0.15, -0.1) is 11.3 Å². The number of thiophene rings is 1. The lowest BCUT2D eigenvalue weighted by molar-refractivity contribution is 1.03. The summed E-state index contributed by atoms with van der Waals surface area (Å²) < 4.78 is 7.45. The van der Waals surface area contributed by atoms with E-state index >= 15 is 0 Å². The maximum absolute atomic E-state index is 5.17. The van der Waals surface area contributed by atoms with Crippen LogP contribution in [-0.2, 0) is 0 Å². The van der Waals surface area contributed by atoms with Gasteiger partial charge < -0.3 is 0 Å². The molecule has 14 rings (SSSR count). The smallest absolute Gasteiger partial charge is 0.164 e. The van der Waals surface area contributed by atoms with Gasteiger partial charge in [-0.1, -0.05) is 145 Å². The van der Waals surface area contributed by atoms with Crippen LogP contribution in [-0.4, -0.2) is 24.1 Å². The van der Waals surface area contributed by atoms with Gasteiger partial charge in [0.25, 0.3) is 0 Å². The van der Waals surface area contributed by atoms with E-state index in [4.69, 9.17) is 15.0 Å². The number of aromatic nitrogens is 5. The van der Waals surface area contributed by atoms with Crippen LogP contribution in [0.15, 0.2) is 210 Å². The molecular formula is C57H33N5S2. The molecule has 1 aliphatic heterocycles. The fraction of sp³-hybridized carbons (Fsp3) is 0. The second-order valence-corrected chi connectivity index (χ2v) is 18.6. The molecule has 9 aromatic carbocycles. The molecule has 0 aliphatic carbocycles. The van der Waals surface area contributed by atoms with E-state index in [1.165, 1.54) is 73.9 Å². The number of para-hydroxylation sites is 3. The van der Waals surface area contributed by atoms with Crippen LogP contribution in [0.1, 0.15) is 0 Å². The molecule has 0 amide bonds. The lowest BCUT2D eigenvalue weighted by Crippen LogP contribution is -2.05. The minimum absolute atomic E-state index is 0.641. The van der Waals surface area contributed by atoms with E-state index in [0.717, 1.165) is 38.9 Å². The summed E-state index contributed by atoms with van der Waals surface area (Å²) in [6, 6.07) is 71.9. The predicted molar refractivity (Wildman–Crippen MR) is 267 cm³/mol. The van der Waals surface area contributed by atoms with Gasteiger partial charge in [0, 0.05) is 68.5 Å². The highest BCUT2D eigenvalue weighted by Gasteiger charge is 2.28. The summed E-state index contributed by atoms with van der Waals surface area (Å²) in [5.74, 6) is 1.94. The molecule has 64 heavy (non-hydrogen) atoms. The Bertz CT molecular complexity index is 4050. The van der Waals surface area contributed by atoms with E-state index in [1.54, 1.807) is 0 Å². The SMILES string of the molecule is c1ccc(-n2c3ccccc3c3c4cccc5c4n(c32)-c2ccc(-c3ccc(-c4nc(-c6ccc7ccccc7c6)nc(-c6ccc7sc8ccccc8c7c6)n4)cc3)cc2S5)cc1. The molecule has 0 N–H and O–H groups in total. The Balaban J connectivity index is 0.884. The molecule has 0 unspecified atom stereocenters. The van der Waals surface area contributed by atoms with Crippen molar-refractivity contribution in [2.24, 2.45) is 0 Å². The first-order chi connectivity index (χ1) is 31.7. The van der Waals surface area contributed by atoms with Gasteiger partial charge in [-0.3, -0.25) is 9.13 Å². The summed E-state index contributed by atoms with van der Waals surface area (Å²) in [7, 11) is 0. The molecule has 0 saturated carbocycles. The summed E-state index contributed by atoms with van der Waals surface area (Å²) in [6.07, 6.45) is 0. The van der Waals surface area contributed by atoms with Crippen LogP contribution >= 0.6 is 23.1 Å². The molecule has 5 heterocycles. The summed E-state index contributed by atoms with van der Waals surface area (Å²) in [5.41, 5.74) is 11.1. The third-order valence-corrected chi connectivity index (χ3v) is 15.0. The monoisotopic (exact) mass is 851 g/mol. The molecule has 7 heteroatoms. The zero-order chi connectivity index (χ0) is 41.9. The average Bonchev–Trinajstić information content (AvgIpc) is 4.02. The summed E-state index contributed by atoms with van der Waals surface area (Å²) in [5, 5.41) is 8.62. The lowest BCUT2D eigenvalue weighted by atomic mass is 10.0. The van der Waals surface area contributed by atoms with Crippen molar-refractivity contribution in [2.45, 2.75) is 9.79 Å². The first kappa shape index (κ1) is 35.7. The Hall–Kier alpha value is -7.84. The van der Waals surface area contributed by atoms with Gasteiger partial charge in [-0.25, -0.2) is 15.0 Å². The Morgan fingerprint density at radius 2 is 1.02 bits per heavy atom. The van der Waals surface area contributed by atoms with Gasteiger partial charge in [0.15, 0.2) is 17.5 Å². The Morgan fingerprint density at radius 3 is 1.88 bits per heavy atom. The number of rotatable bonds is 5. The standard InChI is InChI=1S/C57H33N5S2/c1-2-13-41(14-3-1)61-46-18-8-6-16-43(46)52-44-17-10-20-50-53(44)62(57(52)61)47-29-27-38(33-51(47)64-50)35-21-24-36(25-22-35)54-58-55(39-26-23-34-11-4-5-12-37(34)31-39)60-56(59-54)40-28-30-49-45(32-40)42-15-7-9-19-48(42)63-49/h1-33H. The minimum atomic E-state index is 0.641. The van der Waals surface area contributed by atoms with E-state index in [2.05, 4.69) is 209 Å². The summed E-state index contributed by atoms with van der Waals surface area (Å²) in [6.45, 7) is 0. The largest absolute Gasteiger partial charge is 0.295 e. The number of hydrogen-bond acceptors (Lipinski definition) is 5. The molecule has 4 aromatic heterocycles. The van der Waals surface area contributed by atoms with Gasteiger partial charge >= 0.3 is 0 Å². The fourth-order valence-electron chi connectivity index (χ4n) is 9.77. The van der Waals surface area contributed by atoms with Crippen molar-refractivity contribution in [1.29, 1.82) is 0 Å². The maximum Gasteiger partial charge on any atom is 0.164 e. The average molecular weight is 852 g/mol. The lowest BCUT2D eigenvalue weighted by Gasteiger charge is -2.22. The maximum atomic E-state index is 5.17. The second-order valence-electron chi connectivity index (χ2n) is 16.4. The highest BCUT2D eigenvalue weighted by molar-refractivity contribution is 7.99. The van der Waals surface area contributed by atoms with E-state index in [0.29, 0.717) is 17.5 Å². The molecule has 0 saturated heterocycles. The molecule has 0 atom stereocenters. The van der Waals surface area contributed by atoms with Crippen LogP contribution in [0.5, 0.6) is 0 Å². The molecule has 13 aromatic rings. The molecule has 5 nitrogen and oxygen atoms in total. The van der Waals surface area contributed by atoms with Gasteiger partial charge in [0.05, 0.1) is 16.7 Å². The second kappa shape index (κ2) is 13.8. The fourth-order valence-corrected chi connectivity index (χ4v) is 12.0. The number of benzene rings is 9. The molecule has 0 fully saturated rings. The van der Waals surface area contributed by atoms with Crippen molar-refractivity contribution < 1.29 is 0 Å². The molecular weight excluding hydrogens is 819 g/mol. The zero-order valence-corrected chi connectivity index (χ0v) is 35.7. The minimum Gasteiger partial charge on any atom is -0.295 e. The van der Waals surface area contributed by atoms with Gasteiger partial charge in [0.1, 0.15) is 5.65 Å². The van der Waals surface area contributed by atoms with Crippen molar-refractivity contribution in [3.63, 3.8) is 0 Å². The number of nitrogens with zero attached hydrogens (tertiary/aromatic N) is 5. The van der Waals surface area contributed by atoms with E-state index < -0.39 is 0 Å². The third-order valence-electron chi connectivity index (χ3n) is 12.7. The third kappa shape index (κ3) is 5.41. The molecule has 0 spiro atoms. The van der Waals surface area contributed by atoms with E-state index in [9.17, 15) is 0 Å². The van der Waals surface area contributed by atoms with Gasteiger partial charge in [0.2, 0.25) is 0 Å². The number of hydrogen-bond donors (Lipinski definition) is 0. The van der Waals surface area contributed by atoms with Crippen LogP contribution in [0.25, 0.3) is 120 Å². The highest BCUT2D eigenvalue weighted by atomic mass is 32.2. The molecule has 1 aliphatic rings. The van der Waals surface area contributed by atoms with E-state index in [1.807, 2.05) is 23.1 Å². The first-order valence-electron chi connectivity index (χ1n) is 21.4. The summed E-state index contributed by atoms with van der Waals surface area (Å²) >= 11 is 3.67. The number of fused-ring (bicyclic) bond motifs is 11. The predicted octanol–water partition coefficient (Wildman–Crippen LogP) is 15.6. The van der Waals surface area contributed by atoms with Crippen molar-refractivity contribution in [3.05, 3.63) is 200 Å². The van der Waals surface area contributed by atoms with E-state index in [-0.39, 0.29) is 0 Å². The van der Waals surface area contributed by atoms with Gasteiger partial charge in [-0.05, 0) is 88.6 Å². The highest BCUT2D eigenvalue weighted by Crippen LogP contribution is 2.50. The molecule has 298 valence electrons. The summed E-state index contributed by atoms with van der Waals surface area (Å²) in [4.78, 5) is 17.9. The van der Waals surface area contributed by atoms with Crippen LogP contribution in [0.3, 0.4) is 0 Å². The first-order valence-corrected chi connectivity index (χ1v) is 23.1. The Kier molecular flexibility index (Phi) is 7.72. The van der Waals surface area contributed by atoms with Crippen LogP contribution in [0, 0.1) is 0 Å². The van der Waals surface area contributed by atoms with Crippen LogP contribution in [0.2, 0.25) is 0 Å². The van der Waals surface area contributed by atoms with Crippen molar-refractivity contribution in [1.82, 2.24) is 24.1 Å². The van der Waals surface area contributed by atoms with Crippen LogP contribution in [0.4, 0.5) is 0 Å². The topological polar surface area (TPSA) is 48.5 Å². The van der Waals surface area contributed by atoms with Gasteiger partial charge in [-0.2, -0.15) is 0 Å². The molecule has 0 bridgehead atoms. The van der Waals surface area contributed by atoms with Crippen molar-refractivity contribution in [3.8, 4) is 56.7 Å². The van der Waals surface area contributed by atoms with Crippen molar-refractivity contribution >= 4 is 86.9 Å². The Labute approximate surface area is 375 Å². The molecule has 0 radical (unpaired) electrons. The van der Waals surface area contributed by atoms with Crippen molar-refractivity contribution in [2.75, 3.05) is 0 Å². The Morgan fingerprint density at radius 1 is 0.375 bits per heavy atom. The quantitative estimate of drug-likeness (QED) is 0.173.